The van der Waals surface area contributed by atoms with Gasteiger partial charge in [0.25, 0.3) is 0 Å². The van der Waals surface area contributed by atoms with Crippen LogP contribution in [0.3, 0.4) is 0 Å². The number of nitrogens with zero attached hydrogens (tertiary/aromatic N) is 1. The average Bonchev–Trinajstić information content (AvgIpc) is 2.20. The maximum absolute atomic E-state index is 9.02. The molecule has 0 aromatic rings. The molecule has 1 aliphatic carbocycles. The summed E-state index contributed by atoms with van der Waals surface area (Å²) in [5.74, 6) is 1.81. The van der Waals surface area contributed by atoms with Gasteiger partial charge >= 0.3 is 0 Å². The van der Waals surface area contributed by atoms with Crippen LogP contribution in [0.2, 0.25) is 0 Å². The fourth-order valence-electron chi connectivity index (χ4n) is 2.53. The molecule has 0 heterocycles. The van der Waals surface area contributed by atoms with E-state index in [-0.39, 0.29) is 0 Å². The van der Waals surface area contributed by atoms with Gasteiger partial charge in [-0.2, -0.15) is 0 Å². The maximum atomic E-state index is 9.02. The van der Waals surface area contributed by atoms with Crippen molar-refractivity contribution in [1.82, 2.24) is 4.90 Å². The van der Waals surface area contributed by atoms with Gasteiger partial charge in [-0.1, -0.05) is 19.8 Å². The fourth-order valence-corrected chi connectivity index (χ4v) is 2.53. The van der Waals surface area contributed by atoms with Gasteiger partial charge < -0.3 is 5.11 Å². The summed E-state index contributed by atoms with van der Waals surface area (Å²) in [5.41, 5.74) is 0. The summed E-state index contributed by atoms with van der Waals surface area (Å²) in [6.07, 6.45) is 5.57. The second-order valence-corrected chi connectivity index (χ2v) is 5.44. The molecule has 0 spiro atoms. The normalized spacial score (nSPS) is 27.6. The lowest BCUT2D eigenvalue weighted by Gasteiger charge is -2.33. The second-order valence-electron chi connectivity index (χ2n) is 5.44. The van der Waals surface area contributed by atoms with E-state index in [0.717, 1.165) is 18.4 Å². The molecule has 0 atom stereocenters. The number of rotatable bonds is 5. The predicted octanol–water partition coefficient (Wildman–Crippen LogP) is 2.52. The molecule has 0 bridgehead atoms. The van der Waals surface area contributed by atoms with Crippen molar-refractivity contribution in [1.29, 1.82) is 0 Å². The first-order valence-corrected chi connectivity index (χ1v) is 6.48. The van der Waals surface area contributed by atoms with Crippen LogP contribution in [0.25, 0.3) is 0 Å². The van der Waals surface area contributed by atoms with Crippen molar-refractivity contribution in [2.45, 2.75) is 52.5 Å². The fraction of sp³-hybridized carbons (Fsp3) is 1.00. The molecule has 1 N–H and O–H groups in total. The van der Waals surface area contributed by atoms with Crippen molar-refractivity contribution in [3.8, 4) is 0 Å². The second kappa shape index (κ2) is 6.49. The van der Waals surface area contributed by atoms with E-state index in [4.69, 9.17) is 5.11 Å². The maximum Gasteiger partial charge on any atom is 0.0558 e. The van der Waals surface area contributed by atoms with Gasteiger partial charge in [0.2, 0.25) is 0 Å². The molecule has 1 aliphatic rings. The van der Waals surface area contributed by atoms with E-state index in [1.54, 1.807) is 0 Å². The van der Waals surface area contributed by atoms with Crippen LogP contribution in [0.1, 0.15) is 46.5 Å². The van der Waals surface area contributed by atoms with E-state index in [9.17, 15) is 0 Å². The van der Waals surface area contributed by atoms with E-state index < -0.39 is 0 Å². The van der Waals surface area contributed by atoms with Crippen molar-refractivity contribution in [3.63, 3.8) is 0 Å². The quantitative estimate of drug-likeness (QED) is 0.758. The largest absolute Gasteiger partial charge is 0.395 e. The number of aliphatic hydroxyl groups is 1. The van der Waals surface area contributed by atoms with Crippen LogP contribution >= 0.6 is 0 Å². The van der Waals surface area contributed by atoms with Crippen LogP contribution in [-0.4, -0.2) is 35.7 Å². The van der Waals surface area contributed by atoms with Gasteiger partial charge in [0.15, 0.2) is 0 Å². The molecule has 0 aromatic heterocycles. The molecule has 2 nitrogen and oxygen atoms in total. The molecular formula is C13H27NO. The first-order chi connectivity index (χ1) is 7.13. The monoisotopic (exact) mass is 213 g/mol. The molecule has 0 amide bonds. The van der Waals surface area contributed by atoms with E-state index in [1.165, 1.54) is 32.2 Å². The summed E-state index contributed by atoms with van der Waals surface area (Å²) in [6, 6.07) is 0.566. The lowest BCUT2D eigenvalue weighted by atomic mass is 9.82. The topological polar surface area (TPSA) is 23.5 Å². The summed E-state index contributed by atoms with van der Waals surface area (Å²) in [4.78, 5) is 2.42. The third-order valence-corrected chi connectivity index (χ3v) is 3.75. The van der Waals surface area contributed by atoms with Gasteiger partial charge in [-0.05, 0) is 38.5 Å². The lowest BCUT2D eigenvalue weighted by Crippen LogP contribution is -2.38. The highest BCUT2D eigenvalue weighted by Gasteiger charge is 2.21. The average molecular weight is 213 g/mol. The zero-order valence-corrected chi connectivity index (χ0v) is 10.6. The van der Waals surface area contributed by atoms with Crippen LogP contribution in [0.15, 0.2) is 0 Å². The minimum absolute atomic E-state index is 0.293. The Balaban J connectivity index is 2.31. The Morgan fingerprint density at radius 3 is 2.27 bits per heavy atom. The predicted molar refractivity (Wildman–Crippen MR) is 64.9 cm³/mol. The standard InChI is InChI=1S/C13H27NO/c1-11(2)14(8-9-15)10-13-6-4-12(3)5-7-13/h11-13,15H,4-10H2,1-3H3. The zero-order chi connectivity index (χ0) is 11.3. The van der Waals surface area contributed by atoms with E-state index in [0.29, 0.717) is 12.6 Å². The summed E-state index contributed by atoms with van der Waals surface area (Å²) in [7, 11) is 0. The molecule has 0 radical (unpaired) electrons. The van der Waals surface area contributed by atoms with Gasteiger partial charge in [-0.3, -0.25) is 4.90 Å². The molecule has 0 aliphatic heterocycles. The Labute approximate surface area is 94.7 Å². The summed E-state index contributed by atoms with van der Waals surface area (Å²) < 4.78 is 0. The van der Waals surface area contributed by atoms with Crippen molar-refractivity contribution in [2.75, 3.05) is 19.7 Å². The van der Waals surface area contributed by atoms with E-state index in [1.807, 2.05) is 0 Å². The van der Waals surface area contributed by atoms with Crippen LogP contribution in [0, 0.1) is 11.8 Å². The number of hydrogen-bond donors (Lipinski definition) is 1. The minimum Gasteiger partial charge on any atom is -0.395 e. The molecule has 0 saturated heterocycles. The molecule has 90 valence electrons. The molecular weight excluding hydrogens is 186 g/mol. The smallest absolute Gasteiger partial charge is 0.0558 e. The van der Waals surface area contributed by atoms with Crippen LogP contribution in [0.5, 0.6) is 0 Å². The molecule has 1 saturated carbocycles. The molecule has 2 heteroatoms. The molecule has 15 heavy (non-hydrogen) atoms. The van der Waals surface area contributed by atoms with Crippen molar-refractivity contribution in [2.24, 2.45) is 11.8 Å². The van der Waals surface area contributed by atoms with Crippen molar-refractivity contribution < 1.29 is 5.11 Å². The van der Waals surface area contributed by atoms with Gasteiger partial charge in [-0.25, -0.2) is 0 Å². The van der Waals surface area contributed by atoms with Crippen LogP contribution < -0.4 is 0 Å². The Bertz CT molecular complexity index is 162. The highest BCUT2D eigenvalue weighted by molar-refractivity contribution is 4.74. The molecule has 1 rings (SSSR count). The van der Waals surface area contributed by atoms with Crippen molar-refractivity contribution in [3.05, 3.63) is 0 Å². The first-order valence-electron chi connectivity index (χ1n) is 6.48. The lowest BCUT2D eigenvalue weighted by molar-refractivity contribution is 0.126. The highest BCUT2D eigenvalue weighted by atomic mass is 16.3. The minimum atomic E-state index is 0.293. The summed E-state index contributed by atoms with van der Waals surface area (Å²) in [5, 5.41) is 9.02. The third-order valence-electron chi connectivity index (χ3n) is 3.75. The van der Waals surface area contributed by atoms with E-state index >= 15 is 0 Å². The number of aliphatic hydroxyl groups excluding tert-OH is 1. The van der Waals surface area contributed by atoms with E-state index in [2.05, 4.69) is 25.7 Å². The summed E-state index contributed by atoms with van der Waals surface area (Å²) >= 11 is 0. The Morgan fingerprint density at radius 2 is 1.80 bits per heavy atom. The molecule has 0 aromatic carbocycles. The Morgan fingerprint density at radius 1 is 1.20 bits per heavy atom. The Hall–Kier alpha value is -0.0800. The van der Waals surface area contributed by atoms with Gasteiger partial charge in [-0.15, -0.1) is 0 Å². The number of hydrogen-bond acceptors (Lipinski definition) is 2. The zero-order valence-electron chi connectivity index (χ0n) is 10.6. The Kier molecular flexibility index (Phi) is 5.62. The summed E-state index contributed by atoms with van der Waals surface area (Å²) in [6.45, 7) is 9.13. The molecule has 1 fully saturated rings. The first kappa shape index (κ1) is 13.0. The third kappa shape index (κ3) is 4.52. The van der Waals surface area contributed by atoms with Gasteiger partial charge in [0.1, 0.15) is 0 Å². The highest BCUT2D eigenvalue weighted by Crippen LogP contribution is 2.29. The van der Waals surface area contributed by atoms with Crippen LogP contribution in [-0.2, 0) is 0 Å². The SMILES string of the molecule is CC1CCC(CN(CCO)C(C)C)CC1. The molecule has 0 unspecified atom stereocenters. The van der Waals surface area contributed by atoms with Crippen molar-refractivity contribution >= 4 is 0 Å². The van der Waals surface area contributed by atoms with Gasteiger partial charge in [0.05, 0.1) is 6.61 Å². The van der Waals surface area contributed by atoms with Crippen LogP contribution in [0.4, 0.5) is 0 Å². The van der Waals surface area contributed by atoms with Gasteiger partial charge in [0, 0.05) is 19.1 Å².